The highest BCUT2D eigenvalue weighted by Crippen LogP contribution is 2.35. The molecule has 0 aromatic heterocycles. The number of rotatable bonds is 3. The van der Waals surface area contributed by atoms with Gasteiger partial charge in [-0.3, -0.25) is 9.79 Å². The van der Waals surface area contributed by atoms with Gasteiger partial charge in [0.05, 0.1) is 5.54 Å². The van der Waals surface area contributed by atoms with E-state index in [0.29, 0.717) is 16.6 Å². The maximum Gasteiger partial charge on any atom is 0.253 e. The van der Waals surface area contributed by atoms with Gasteiger partial charge in [-0.15, -0.1) is 0 Å². The maximum absolute atomic E-state index is 12.6. The van der Waals surface area contributed by atoms with Gasteiger partial charge in [-0.25, -0.2) is 0 Å². The molecule has 0 aliphatic carbocycles. The number of aliphatic hydroxyl groups excluding tert-OH is 1. The zero-order valence-corrected chi connectivity index (χ0v) is 14.9. The van der Waals surface area contributed by atoms with Crippen molar-refractivity contribution in [1.29, 1.82) is 0 Å². The number of aliphatic hydroxyl groups is 1. The predicted molar refractivity (Wildman–Crippen MR) is 98.2 cm³/mol. The minimum Gasteiger partial charge on any atom is -0.396 e. The van der Waals surface area contributed by atoms with E-state index in [4.69, 9.17) is 5.73 Å². The van der Waals surface area contributed by atoms with E-state index in [1.807, 2.05) is 29.2 Å². The lowest BCUT2D eigenvalue weighted by Gasteiger charge is -2.32. The minimum absolute atomic E-state index is 0.0744. The van der Waals surface area contributed by atoms with Crippen LogP contribution in [0.3, 0.4) is 0 Å². The number of amidine groups is 1. The van der Waals surface area contributed by atoms with Crippen LogP contribution in [0.4, 0.5) is 0 Å². The highest BCUT2D eigenvalue weighted by Gasteiger charge is 2.30. The number of piperidine rings is 1. The first-order valence-electron chi connectivity index (χ1n) is 8.50. The molecule has 24 heavy (non-hydrogen) atoms. The van der Waals surface area contributed by atoms with Crippen molar-refractivity contribution >= 4 is 22.8 Å². The van der Waals surface area contributed by atoms with E-state index in [-0.39, 0.29) is 18.1 Å². The van der Waals surface area contributed by atoms with Gasteiger partial charge < -0.3 is 15.7 Å². The van der Waals surface area contributed by atoms with Crippen molar-refractivity contribution in [3.05, 3.63) is 35.4 Å². The van der Waals surface area contributed by atoms with E-state index in [0.717, 1.165) is 43.7 Å². The van der Waals surface area contributed by atoms with Gasteiger partial charge in [0.25, 0.3) is 5.91 Å². The number of nitrogens with two attached hydrogens (primary N) is 1. The highest BCUT2D eigenvalue weighted by molar-refractivity contribution is 8.13. The van der Waals surface area contributed by atoms with Crippen LogP contribution in [-0.2, 0) is 5.54 Å². The van der Waals surface area contributed by atoms with Crippen molar-refractivity contribution in [2.45, 2.75) is 31.7 Å². The number of carbonyl (C=O) groups is 1. The van der Waals surface area contributed by atoms with Gasteiger partial charge in [-0.2, -0.15) is 0 Å². The summed E-state index contributed by atoms with van der Waals surface area (Å²) in [7, 11) is 0. The molecule has 3 rings (SSSR count). The molecule has 1 unspecified atom stereocenters. The molecule has 5 nitrogen and oxygen atoms in total. The third-order valence-electron chi connectivity index (χ3n) is 5.11. The molecule has 1 atom stereocenters. The lowest BCUT2D eigenvalue weighted by molar-refractivity contribution is 0.0651. The summed E-state index contributed by atoms with van der Waals surface area (Å²) in [6, 6.07) is 7.80. The number of thioether (sulfide) groups is 1. The van der Waals surface area contributed by atoms with E-state index >= 15 is 0 Å². The van der Waals surface area contributed by atoms with E-state index in [9.17, 15) is 9.90 Å². The fraction of sp³-hybridized carbons (Fsp3) is 0.556. The molecule has 0 saturated carbocycles. The van der Waals surface area contributed by atoms with Crippen LogP contribution in [0.25, 0.3) is 0 Å². The van der Waals surface area contributed by atoms with Crippen molar-refractivity contribution in [1.82, 2.24) is 4.90 Å². The van der Waals surface area contributed by atoms with Crippen molar-refractivity contribution in [3.63, 3.8) is 0 Å². The zero-order chi connectivity index (χ0) is 17.2. The van der Waals surface area contributed by atoms with Crippen LogP contribution >= 0.6 is 11.8 Å². The minimum atomic E-state index is -0.295. The normalized spacial score (nSPS) is 25.4. The van der Waals surface area contributed by atoms with Crippen LogP contribution in [0, 0.1) is 5.92 Å². The van der Waals surface area contributed by atoms with E-state index < -0.39 is 0 Å². The van der Waals surface area contributed by atoms with E-state index in [2.05, 4.69) is 11.9 Å². The van der Waals surface area contributed by atoms with Crippen LogP contribution in [0.1, 0.15) is 42.1 Å². The molecule has 2 aliphatic heterocycles. The first kappa shape index (κ1) is 17.3. The number of nitrogens with zero attached hydrogens (tertiary/aromatic N) is 2. The molecule has 2 heterocycles. The van der Waals surface area contributed by atoms with Crippen LogP contribution in [0.2, 0.25) is 0 Å². The summed E-state index contributed by atoms with van der Waals surface area (Å²) in [4.78, 5) is 19.1. The Labute approximate surface area is 147 Å². The second-order valence-electron chi connectivity index (χ2n) is 6.82. The zero-order valence-electron chi connectivity index (χ0n) is 14.1. The third-order valence-corrected chi connectivity index (χ3v) is 5.90. The fourth-order valence-corrected chi connectivity index (χ4v) is 4.34. The number of hydrogen-bond acceptors (Lipinski definition) is 5. The lowest BCUT2D eigenvalue weighted by Crippen LogP contribution is -2.39. The van der Waals surface area contributed by atoms with Gasteiger partial charge in [-0.05, 0) is 49.8 Å². The van der Waals surface area contributed by atoms with Crippen LogP contribution in [0.15, 0.2) is 29.3 Å². The van der Waals surface area contributed by atoms with Crippen LogP contribution in [-0.4, -0.2) is 46.5 Å². The Bertz CT molecular complexity index is 624. The largest absolute Gasteiger partial charge is 0.396 e. The van der Waals surface area contributed by atoms with Gasteiger partial charge in [-0.1, -0.05) is 23.9 Å². The van der Waals surface area contributed by atoms with Gasteiger partial charge in [0.2, 0.25) is 0 Å². The second kappa shape index (κ2) is 7.15. The third kappa shape index (κ3) is 3.59. The number of hydrogen-bond donors (Lipinski definition) is 2. The number of carbonyl (C=O) groups excluding carboxylic acids is 1. The van der Waals surface area contributed by atoms with Gasteiger partial charge in [0.15, 0.2) is 5.17 Å². The Hall–Kier alpha value is -1.53. The molecule has 6 heteroatoms. The molecule has 1 saturated heterocycles. The molecule has 1 fully saturated rings. The molecule has 0 radical (unpaired) electrons. The first-order valence-corrected chi connectivity index (χ1v) is 9.49. The number of likely N-dealkylation sites (tertiary alicyclic amines) is 1. The highest BCUT2D eigenvalue weighted by atomic mass is 32.2. The van der Waals surface area contributed by atoms with Crippen LogP contribution in [0.5, 0.6) is 0 Å². The molecule has 0 bridgehead atoms. The Morgan fingerprint density at radius 1 is 1.38 bits per heavy atom. The van der Waals surface area contributed by atoms with Crippen LogP contribution < -0.4 is 5.73 Å². The summed E-state index contributed by atoms with van der Waals surface area (Å²) in [6.45, 7) is 3.76. The number of amides is 1. The summed E-state index contributed by atoms with van der Waals surface area (Å²) in [5, 5.41) is 9.84. The Morgan fingerprint density at radius 2 is 2.04 bits per heavy atom. The van der Waals surface area contributed by atoms with Crippen molar-refractivity contribution in [2.24, 2.45) is 16.6 Å². The average molecular weight is 347 g/mol. The molecule has 2 aliphatic rings. The molecular weight excluding hydrogens is 322 g/mol. The summed E-state index contributed by atoms with van der Waals surface area (Å²) in [5.74, 6) is 1.38. The summed E-state index contributed by atoms with van der Waals surface area (Å²) in [6.07, 6.45) is 2.70. The first-order chi connectivity index (χ1) is 11.5. The summed E-state index contributed by atoms with van der Waals surface area (Å²) < 4.78 is 0. The topological polar surface area (TPSA) is 78.9 Å². The Balaban J connectivity index is 1.70. The summed E-state index contributed by atoms with van der Waals surface area (Å²) >= 11 is 1.59. The monoisotopic (exact) mass is 347 g/mol. The maximum atomic E-state index is 12.6. The predicted octanol–water partition coefficient (Wildman–Crippen LogP) is 2.20. The Morgan fingerprint density at radius 3 is 2.62 bits per heavy atom. The average Bonchev–Trinajstić information content (AvgIpc) is 2.61. The van der Waals surface area contributed by atoms with Gasteiger partial charge in [0.1, 0.15) is 0 Å². The number of aliphatic imine (C=N–C) groups is 1. The Kier molecular flexibility index (Phi) is 5.15. The molecule has 3 N–H and O–H groups in total. The summed E-state index contributed by atoms with van der Waals surface area (Å²) in [5.41, 5.74) is 7.40. The van der Waals surface area contributed by atoms with Gasteiger partial charge in [0, 0.05) is 31.0 Å². The molecule has 130 valence electrons. The molecule has 1 aromatic rings. The molecule has 1 aromatic carbocycles. The molecule has 0 spiro atoms. The second-order valence-corrected chi connectivity index (χ2v) is 7.93. The SMILES string of the molecule is CC1(c2ccc(C(=O)N3CCC(CO)CC3)cc2)CCSC(N)=N1. The van der Waals surface area contributed by atoms with E-state index in [1.165, 1.54) is 0 Å². The van der Waals surface area contributed by atoms with Gasteiger partial charge >= 0.3 is 0 Å². The standard InChI is InChI=1S/C18H25N3O2S/c1-18(8-11-24-17(19)20-18)15-4-2-14(3-5-15)16(23)21-9-6-13(12-22)7-10-21/h2-5,13,22H,6-12H2,1H3,(H2,19,20). The smallest absolute Gasteiger partial charge is 0.253 e. The van der Waals surface area contributed by atoms with Crippen molar-refractivity contribution in [3.8, 4) is 0 Å². The fourth-order valence-electron chi connectivity index (χ4n) is 3.37. The van der Waals surface area contributed by atoms with E-state index in [1.54, 1.807) is 11.8 Å². The van der Waals surface area contributed by atoms with Crippen molar-refractivity contribution < 1.29 is 9.90 Å². The lowest BCUT2D eigenvalue weighted by atomic mass is 9.89. The quantitative estimate of drug-likeness (QED) is 0.878. The van der Waals surface area contributed by atoms with Crippen molar-refractivity contribution in [2.75, 3.05) is 25.4 Å². The number of benzene rings is 1. The molecule has 1 amide bonds. The molecular formula is C18H25N3O2S.